The van der Waals surface area contributed by atoms with Gasteiger partial charge in [-0.25, -0.2) is 18.7 Å². The highest BCUT2D eigenvalue weighted by molar-refractivity contribution is 5.47. The molecule has 0 atom stereocenters. The smallest absolute Gasteiger partial charge is 0.132 e. The Morgan fingerprint density at radius 1 is 1.05 bits per heavy atom. The second kappa shape index (κ2) is 6.27. The van der Waals surface area contributed by atoms with E-state index in [0.29, 0.717) is 17.5 Å². The third kappa shape index (κ3) is 3.63. The number of nitrogens with zero attached hydrogens (tertiary/aromatic N) is 2. The van der Waals surface area contributed by atoms with Gasteiger partial charge >= 0.3 is 0 Å². The van der Waals surface area contributed by atoms with Gasteiger partial charge in [-0.15, -0.1) is 0 Å². The average molecular weight is 278 g/mol. The number of nitrogens with one attached hydrogen (secondary N) is 2. The molecule has 0 amide bonds. The van der Waals surface area contributed by atoms with Crippen LogP contribution in [0.15, 0.2) is 24.3 Å². The zero-order valence-corrected chi connectivity index (χ0v) is 11.4. The highest BCUT2D eigenvalue weighted by Crippen LogP contribution is 2.14. The first-order chi connectivity index (χ1) is 9.58. The predicted octanol–water partition coefficient (Wildman–Crippen LogP) is 3.11. The van der Waals surface area contributed by atoms with E-state index in [1.54, 1.807) is 13.0 Å². The molecule has 0 saturated heterocycles. The highest BCUT2D eigenvalue weighted by Gasteiger charge is 2.05. The summed E-state index contributed by atoms with van der Waals surface area (Å²) in [4.78, 5) is 8.42. The lowest BCUT2D eigenvalue weighted by Crippen LogP contribution is -2.07. The van der Waals surface area contributed by atoms with Gasteiger partial charge in [0.15, 0.2) is 0 Å². The van der Waals surface area contributed by atoms with Crippen molar-refractivity contribution < 1.29 is 8.78 Å². The van der Waals surface area contributed by atoms with Crippen molar-refractivity contribution >= 4 is 11.6 Å². The van der Waals surface area contributed by atoms with Gasteiger partial charge in [-0.2, -0.15) is 0 Å². The molecule has 106 valence electrons. The lowest BCUT2D eigenvalue weighted by Gasteiger charge is -2.10. The van der Waals surface area contributed by atoms with E-state index < -0.39 is 11.6 Å². The molecule has 20 heavy (non-hydrogen) atoms. The van der Waals surface area contributed by atoms with Crippen molar-refractivity contribution in [3.8, 4) is 0 Å². The van der Waals surface area contributed by atoms with E-state index in [4.69, 9.17) is 0 Å². The fourth-order valence-corrected chi connectivity index (χ4v) is 1.79. The molecule has 2 aromatic rings. The number of anilines is 2. The summed E-state index contributed by atoms with van der Waals surface area (Å²) in [5.74, 6) is 0.956. The minimum absolute atomic E-state index is 0.158. The Morgan fingerprint density at radius 3 is 2.45 bits per heavy atom. The number of aromatic nitrogens is 2. The van der Waals surface area contributed by atoms with Crippen molar-refractivity contribution in [2.75, 3.05) is 17.2 Å². The van der Waals surface area contributed by atoms with Crippen molar-refractivity contribution in [2.45, 2.75) is 20.4 Å². The molecular formula is C14H16F2N4. The minimum atomic E-state index is -0.463. The summed E-state index contributed by atoms with van der Waals surface area (Å²) in [6.07, 6.45) is 0. The molecule has 0 aliphatic carbocycles. The maximum Gasteiger partial charge on any atom is 0.132 e. The Balaban J connectivity index is 2.12. The molecule has 4 nitrogen and oxygen atoms in total. The summed E-state index contributed by atoms with van der Waals surface area (Å²) in [5, 5.41) is 6.05. The van der Waals surface area contributed by atoms with Crippen LogP contribution in [0, 0.1) is 18.6 Å². The van der Waals surface area contributed by atoms with Crippen LogP contribution >= 0.6 is 0 Å². The number of aryl methyl sites for hydroxylation is 1. The lowest BCUT2D eigenvalue weighted by atomic mass is 10.2. The SMILES string of the molecule is CCNc1cc(NCc2cc(F)ccc2F)nc(C)n1. The van der Waals surface area contributed by atoms with Crippen molar-refractivity contribution in [1.82, 2.24) is 9.97 Å². The van der Waals surface area contributed by atoms with Crippen LogP contribution in [0.5, 0.6) is 0 Å². The molecule has 0 aliphatic heterocycles. The van der Waals surface area contributed by atoms with Crippen LogP contribution in [0.2, 0.25) is 0 Å². The fourth-order valence-electron chi connectivity index (χ4n) is 1.79. The van der Waals surface area contributed by atoms with Crippen molar-refractivity contribution in [1.29, 1.82) is 0 Å². The third-order valence-corrected chi connectivity index (χ3v) is 2.66. The van der Waals surface area contributed by atoms with E-state index in [1.165, 1.54) is 6.07 Å². The normalized spacial score (nSPS) is 10.4. The topological polar surface area (TPSA) is 49.8 Å². The maximum atomic E-state index is 13.5. The van der Waals surface area contributed by atoms with E-state index in [2.05, 4.69) is 20.6 Å². The van der Waals surface area contributed by atoms with Crippen LogP contribution in [0.1, 0.15) is 18.3 Å². The van der Waals surface area contributed by atoms with Gasteiger partial charge < -0.3 is 10.6 Å². The van der Waals surface area contributed by atoms with Crippen LogP contribution in [-0.2, 0) is 6.54 Å². The molecule has 0 saturated carbocycles. The molecule has 1 heterocycles. The first-order valence-electron chi connectivity index (χ1n) is 6.36. The van der Waals surface area contributed by atoms with E-state index in [9.17, 15) is 8.78 Å². The summed E-state index contributed by atoms with van der Waals surface area (Å²) in [6, 6.07) is 5.11. The Hall–Kier alpha value is -2.24. The number of benzene rings is 1. The first-order valence-corrected chi connectivity index (χ1v) is 6.36. The third-order valence-electron chi connectivity index (χ3n) is 2.66. The Kier molecular flexibility index (Phi) is 4.45. The fraction of sp³-hybridized carbons (Fsp3) is 0.286. The van der Waals surface area contributed by atoms with Crippen LogP contribution in [0.25, 0.3) is 0 Å². The van der Waals surface area contributed by atoms with E-state index in [1.807, 2.05) is 6.92 Å². The molecule has 0 unspecified atom stereocenters. The van der Waals surface area contributed by atoms with E-state index in [0.717, 1.165) is 18.7 Å². The molecule has 0 radical (unpaired) electrons. The zero-order chi connectivity index (χ0) is 14.5. The van der Waals surface area contributed by atoms with Crippen LogP contribution in [0.3, 0.4) is 0 Å². The van der Waals surface area contributed by atoms with Gasteiger partial charge in [0.25, 0.3) is 0 Å². The van der Waals surface area contributed by atoms with Gasteiger partial charge in [-0.3, -0.25) is 0 Å². The number of hydrogen-bond acceptors (Lipinski definition) is 4. The molecule has 1 aromatic heterocycles. The van der Waals surface area contributed by atoms with Gasteiger partial charge in [-0.1, -0.05) is 0 Å². The van der Waals surface area contributed by atoms with Gasteiger partial charge in [0.1, 0.15) is 29.1 Å². The average Bonchev–Trinajstić information content (AvgIpc) is 2.40. The minimum Gasteiger partial charge on any atom is -0.370 e. The lowest BCUT2D eigenvalue weighted by molar-refractivity contribution is 0.587. The summed E-state index contributed by atoms with van der Waals surface area (Å²) in [5.41, 5.74) is 0.256. The predicted molar refractivity (Wildman–Crippen MR) is 74.6 cm³/mol. The molecular weight excluding hydrogens is 262 g/mol. The van der Waals surface area contributed by atoms with Crippen molar-refractivity contribution in [3.05, 3.63) is 47.3 Å². The van der Waals surface area contributed by atoms with Crippen LogP contribution in [0.4, 0.5) is 20.4 Å². The van der Waals surface area contributed by atoms with Gasteiger partial charge in [-0.05, 0) is 32.0 Å². The molecule has 0 fully saturated rings. The summed E-state index contributed by atoms with van der Waals surface area (Å²) in [6.45, 7) is 4.64. The zero-order valence-electron chi connectivity index (χ0n) is 11.4. The molecule has 2 N–H and O–H groups in total. The number of hydrogen-bond donors (Lipinski definition) is 2. The molecule has 0 bridgehead atoms. The summed E-state index contributed by atoms with van der Waals surface area (Å²) >= 11 is 0. The Labute approximate surface area is 116 Å². The summed E-state index contributed by atoms with van der Waals surface area (Å²) < 4.78 is 26.6. The van der Waals surface area contributed by atoms with Crippen LogP contribution in [-0.4, -0.2) is 16.5 Å². The summed E-state index contributed by atoms with van der Waals surface area (Å²) in [7, 11) is 0. The molecule has 6 heteroatoms. The second-order valence-corrected chi connectivity index (χ2v) is 4.31. The Bertz CT molecular complexity index is 602. The van der Waals surface area contributed by atoms with Gasteiger partial charge in [0.2, 0.25) is 0 Å². The maximum absolute atomic E-state index is 13.5. The van der Waals surface area contributed by atoms with Crippen molar-refractivity contribution in [2.24, 2.45) is 0 Å². The second-order valence-electron chi connectivity index (χ2n) is 4.31. The standard InChI is InChI=1S/C14H16F2N4/c1-3-17-13-7-14(20-9(2)19-13)18-8-10-6-11(15)4-5-12(10)16/h4-7H,3,8H2,1-2H3,(H2,17,18,19,20). The molecule has 2 rings (SSSR count). The monoisotopic (exact) mass is 278 g/mol. The first kappa shape index (κ1) is 14.2. The Morgan fingerprint density at radius 2 is 1.75 bits per heavy atom. The molecule has 0 aliphatic rings. The quantitative estimate of drug-likeness (QED) is 0.882. The number of halogens is 2. The van der Waals surface area contributed by atoms with E-state index in [-0.39, 0.29) is 12.1 Å². The van der Waals surface area contributed by atoms with Gasteiger partial charge in [0.05, 0.1) is 0 Å². The molecule has 0 spiro atoms. The highest BCUT2D eigenvalue weighted by atomic mass is 19.1. The number of rotatable bonds is 5. The molecule has 1 aromatic carbocycles. The van der Waals surface area contributed by atoms with Crippen molar-refractivity contribution in [3.63, 3.8) is 0 Å². The van der Waals surface area contributed by atoms with Gasteiger partial charge in [0, 0.05) is 24.7 Å². The largest absolute Gasteiger partial charge is 0.370 e. The van der Waals surface area contributed by atoms with Crippen LogP contribution < -0.4 is 10.6 Å². The van der Waals surface area contributed by atoms with E-state index >= 15 is 0 Å².